The number of hydrogen-bond donors (Lipinski definition) is 1. The summed E-state index contributed by atoms with van der Waals surface area (Å²) < 4.78 is 0. The second-order valence-corrected chi connectivity index (χ2v) is 13.7. The zero-order chi connectivity index (χ0) is 22.8. The summed E-state index contributed by atoms with van der Waals surface area (Å²) in [6, 6.07) is 0. The van der Waals surface area contributed by atoms with Gasteiger partial charge in [0, 0.05) is 0 Å². The number of hydrogen-bond acceptors (Lipinski definition) is 1. The van der Waals surface area contributed by atoms with Gasteiger partial charge in [0.05, 0.1) is 6.10 Å². The number of rotatable bonds is 4. The van der Waals surface area contributed by atoms with Crippen molar-refractivity contribution in [1.29, 1.82) is 0 Å². The molecule has 4 aliphatic rings. The van der Waals surface area contributed by atoms with Crippen LogP contribution in [0.1, 0.15) is 113 Å². The Morgan fingerprint density at radius 1 is 1.00 bits per heavy atom. The van der Waals surface area contributed by atoms with Crippen LogP contribution in [0.4, 0.5) is 0 Å². The van der Waals surface area contributed by atoms with Crippen molar-refractivity contribution in [3.63, 3.8) is 0 Å². The quantitative estimate of drug-likeness (QED) is 0.448. The average molecular weight is 427 g/mol. The number of fused-ring (bicyclic) bond motifs is 5. The highest BCUT2D eigenvalue weighted by Crippen LogP contribution is 2.74. The molecule has 31 heavy (non-hydrogen) atoms. The molecule has 1 heteroatoms. The van der Waals surface area contributed by atoms with Crippen LogP contribution in [-0.2, 0) is 0 Å². The minimum Gasteiger partial charge on any atom is -0.393 e. The van der Waals surface area contributed by atoms with Gasteiger partial charge in [0.1, 0.15) is 0 Å². The first-order chi connectivity index (χ1) is 14.4. The van der Waals surface area contributed by atoms with Gasteiger partial charge in [-0.05, 0) is 117 Å². The van der Waals surface area contributed by atoms with Crippen molar-refractivity contribution < 1.29 is 5.11 Å². The van der Waals surface area contributed by atoms with E-state index in [1.54, 1.807) is 5.57 Å². The van der Waals surface area contributed by atoms with Crippen molar-refractivity contribution in [1.82, 2.24) is 0 Å². The molecule has 1 nitrogen and oxygen atoms in total. The Kier molecular flexibility index (Phi) is 5.90. The maximum Gasteiger partial charge on any atom is 0.0594 e. The maximum absolute atomic E-state index is 10.8. The highest BCUT2D eigenvalue weighted by atomic mass is 16.3. The third kappa shape index (κ3) is 3.34. The van der Waals surface area contributed by atoms with Gasteiger partial charge in [-0.25, -0.2) is 0 Å². The molecule has 0 amide bonds. The minimum atomic E-state index is -0.122. The van der Waals surface area contributed by atoms with Crippen molar-refractivity contribution in [3.05, 3.63) is 23.3 Å². The molecule has 4 rings (SSSR count). The van der Waals surface area contributed by atoms with E-state index in [2.05, 4.69) is 67.5 Å². The van der Waals surface area contributed by atoms with Crippen LogP contribution in [0.15, 0.2) is 23.3 Å². The third-order valence-electron chi connectivity index (χ3n) is 11.7. The first-order valence-electron chi connectivity index (χ1n) is 13.4. The average Bonchev–Trinajstić information content (AvgIpc) is 3.03. The van der Waals surface area contributed by atoms with Crippen LogP contribution in [-0.4, -0.2) is 11.2 Å². The first-order valence-corrected chi connectivity index (χ1v) is 13.4. The molecule has 0 aromatic rings. The van der Waals surface area contributed by atoms with Crippen LogP contribution in [0.2, 0.25) is 0 Å². The smallest absolute Gasteiger partial charge is 0.0594 e. The molecule has 3 fully saturated rings. The van der Waals surface area contributed by atoms with Gasteiger partial charge in [0.2, 0.25) is 0 Å². The molecule has 0 spiro atoms. The van der Waals surface area contributed by atoms with E-state index in [-0.39, 0.29) is 11.5 Å². The fourth-order valence-corrected chi connectivity index (χ4v) is 9.64. The second kappa shape index (κ2) is 7.75. The SMILES string of the molecule is CC(C)=CCC[C@@H](C)C1=CC[C@@]2(C)[C@H]1CC[C@H]1[C@@]3(C)CC[C@H](O)C(C)(C)[C@@H]3CC[C@@]12C. The molecule has 0 radical (unpaired) electrons. The number of allylic oxidation sites excluding steroid dienone is 4. The Labute approximate surface area is 193 Å². The van der Waals surface area contributed by atoms with Gasteiger partial charge in [-0.2, -0.15) is 0 Å². The van der Waals surface area contributed by atoms with Crippen LogP contribution in [0.5, 0.6) is 0 Å². The Bertz CT molecular complexity index is 754. The van der Waals surface area contributed by atoms with Gasteiger partial charge in [0.25, 0.3) is 0 Å². The van der Waals surface area contributed by atoms with Crippen molar-refractivity contribution in [2.45, 2.75) is 119 Å². The first kappa shape index (κ1) is 23.6. The van der Waals surface area contributed by atoms with Crippen molar-refractivity contribution in [2.24, 2.45) is 45.3 Å². The summed E-state index contributed by atoms with van der Waals surface area (Å²) in [5.41, 5.74) is 4.56. The summed E-state index contributed by atoms with van der Waals surface area (Å²) in [5, 5.41) is 10.8. The van der Waals surface area contributed by atoms with Crippen molar-refractivity contribution >= 4 is 0 Å². The summed E-state index contributed by atoms with van der Waals surface area (Å²) in [6.45, 7) is 19.6. The fourth-order valence-electron chi connectivity index (χ4n) is 9.64. The van der Waals surface area contributed by atoms with Gasteiger partial charge in [-0.15, -0.1) is 0 Å². The molecule has 4 aliphatic carbocycles. The van der Waals surface area contributed by atoms with Gasteiger partial charge < -0.3 is 5.11 Å². The molecule has 0 saturated heterocycles. The summed E-state index contributed by atoms with van der Waals surface area (Å²) in [7, 11) is 0. The van der Waals surface area contributed by atoms with Crippen LogP contribution < -0.4 is 0 Å². The summed E-state index contributed by atoms with van der Waals surface area (Å²) in [4.78, 5) is 0. The topological polar surface area (TPSA) is 20.2 Å². The predicted molar refractivity (Wildman–Crippen MR) is 133 cm³/mol. The van der Waals surface area contributed by atoms with Gasteiger partial charge in [-0.3, -0.25) is 0 Å². The van der Waals surface area contributed by atoms with Crippen LogP contribution in [0.25, 0.3) is 0 Å². The molecule has 8 atom stereocenters. The zero-order valence-corrected chi connectivity index (χ0v) is 21.9. The van der Waals surface area contributed by atoms with Crippen LogP contribution in [0.3, 0.4) is 0 Å². The minimum absolute atomic E-state index is 0.0601. The molecule has 3 saturated carbocycles. The second-order valence-electron chi connectivity index (χ2n) is 13.7. The lowest BCUT2D eigenvalue weighted by molar-refractivity contribution is -0.218. The highest BCUT2D eigenvalue weighted by molar-refractivity contribution is 5.28. The van der Waals surface area contributed by atoms with E-state index in [1.165, 1.54) is 56.9 Å². The van der Waals surface area contributed by atoms with Crippen molar-refractivity contribution in [3.8, 4) is 0 Å². The normalized spacial score (nSPS) is 46.9. The molecule has 0 bridgehead atoms. The molecule has 0 aliphatic heterocycles. The van der Waals surface area contributed by atoms with Gasteiger partial charge in [-0.1, -0.05) is 64.8 Å². The monoisotopic (exact) mass is 426 g/mol. The molecule has 1 N–H and O–H groups in total. The molecular formula is C30H50O. The Hall–Kier alpha value is -0.560. The van der Waals surface area contributed by atoms with E-state index in [0.717, 1.165) is 24.2 Å². The summed E-state index contributed by atoms with van der Waals surface area (Å²) >= 11 is 0. The molecular weight excluding hydrogens is 376 g/mol. The lowest BCUT2D eigenvalue weighted by Gasteiger charge is -2.69. The van der Waals surface area contributed by atoms with Crippen LogP contribution >= 0.6 is 0 Å². The number of aliphatic hydroxyl groups is 1. The fraction of sp³-hybridized carbons (Fsp3) is 0.867. The maximum atomic E-state index is 10.8. The molecule has 176 valence electrons. The third-order valence-corrected chi connectivity index (χ3v) is 11.7. The number of aliphatic hydroxyl groups excluding tert-OH is 1. The highest BCUT2D eigenvalue weighted by Gasteiger charge is 2.67. The summed E-state index contributed by atoms with van der Waals surface area (Å²) in [5.74, 6) is 2.98. The zero-order valence-electron chi connectivity index (χ0n) is 21.9. The standard InChI is InChI=1S/C30H50O/c1-20(2)10-9-11-21(3)22-14-18-29(7)23(22)12-13-25-28(6)17-16-26(31)27(4,5)24(28)15-19-30(25,29)8/h10,14,21,23-26,31H,9,11-13,15-19H2,1-8H3/t21-,23+,24+,25+,26+,28+,29+,30+/m1/s1. The van der Waals surface area contributed by atoms with E-state index in [1.807, 2.05) is 0 Å². The largest absolute Gasteiger partial charge is 0.393 e. The van der Waals surface area contributed by atoms with E-state index < -0.39 is 0 Å². The van der Waals surface area contributed by atoms with E-state index in [0.29, 0.717) is 22.2 Å². The molecule has 0 unspecified atom stereocenters. The summed E-state index contributed by atoms with van der Waals surface area (Å²) in [6.07, 6.45) is 16.5. The van der Waals surface area contributed by atoms with Crippen molar-refractivity contribution in [2.75, 3.05) is 0 Å². The lowest BCUT2D eigenvalue weighted by Crippen LogP contribution is -2.63. The predicted octanol–water partition coefficient (Wildman–Crippen LogP) is 8.34. The Balaban J connectivity index is 1.59. The van der Waals surface area contributed by atoms with E-state index >= 15 is 0 Å². The van der Waals surface area contributed by atoms with E-state index in [9.17, 15) is 5.11 Å². The lowest BCUT2D eigenvalue weighted by atomic mass is 9.35. The van der Waals surface area contributed by atoms with E-state index in [4.69, 9.17) is 0 Å². The molecule has 0 aromatic carbocycles. The molecule has 0 heterocycles. The molecule has 0 aromatic heterocycles. The van der Waals surface area contributed by atoms with Gasteiger partial charge in [0.15, 0.2) is 0 Å². The van der Waals surface area contributed by atoms with Gasteiger partial charge >= 0.3 is 0 Å². The Morgan fingerprint density at radius 2 is 1.71 bits per heavy atom. The Morgan fingerprint density at radius 3 is 2.39 bits per heavy atom. The van der Waals surface area contributed by atoms with Crippen LogP contribution in [0, 0.1) is 45.3 Å².